The van der Waals surface area contributed by atoms with Crippen molar-refractivity contribution in [3.63, 3.8) is 0 Å². The van der Waals surface area contributed by atoms with E-state index in [1.54, 1.807) is 23.9 Å². The summed E-state index contributed by atoms with van der Waals surface area (Å²) >= 11 is 1.71. The van der Waals surface area contributed by atoms with Gasteiger partial charge in [0, 0.05) is 27.3 Å². The number of carboxylic acids is 1. The Balaban J connectivity index is 1.38. The molecule has 2 aliphatic heterocycles. The van der Waals surface area contributed by atoms with Crippen LogP contribution in [0.25, 0.3) is 0 Å². The maximum absolute atomic E-state index is 12.5. The Kier molecular flexibility index (Phi) is 6.62. The zero-order valence-electron chi connectivity index (χ0n) is 21.4. The first kappa shape index (κ1) is 24.9. The Hall–Kier alpha value is -4.43. The number of para-hydroxylation sites is 1. The van der Waals surface area contributed by atoms with E-state index >= 15 is 0 Å². The predicted octanol–water partition coefficient (Wildman–Crippen LogP) is 6.80. The fraction of sp³-hybridized carbons (Fsp3) is 0.161. The number of carbonyl (C=O) groups is 1. The molecule has 0 bridgehead atoms. The van der Waals surface area contributed by atoms with Crippen LogP contribution in [0.5, 0.6) is 17.2 Å². The summed E-state index contributed by atoms with van der Waals surface area (Å²) in [5.74, 6) is 0.0671. The summed E-state index contributed by atoms with van der Waals surface area (Å²) < 4.78 is 17.3. The lowest BCUT2D eigenvalue weighted by Gasteiger charge is -2.38. The first-order valence-corrected chi connectivity index (χ1v) is 13.3. The van der Waals surface area contributed by atoms with Gasteiger partial charge in [0.15, 0.2) is 11.5 Å². The van der Waals surface area contributed by atoms with Gasteiger partial charge in [0.05, 0.1) is 26.0 Å². The number of nitrogens with zero attached hydrogens (tertiary/aromatic N) is 2. The predicted molar refractivity (Wildman–Crippen MR) is 149 cm³/mol. The van der Waals surface area contributed by atoms with Gasteiger partial charge in [-0.3, -0.25) is 0 Å². The minimum Gasteiger partial charge on any atom is -0.493 e. The number of hydrogen-bond donors (Lipinski definition) is 1. The third-order valence-electron chi connectivity index (χ3n) is 6.92. The Labute approximate surface area is 230 Å². The second kappa shape index (κ2) is 10.4. The van der Waals surface area contributed by atoms with Crippen molar-refractivity contribution in [2.24, 2.45) is 5.10 Å². The second-order valence-electron chi connectivity index (χ2n) is 9.16. The summed E-state index contributed by atoms with van der Waals surface area (Å²) in [5, 5.41) is 17.1. The van der Waals surface area contributed by atoms with Crippen LogP contribution in [0.2, 0.25) is 0 Å². The fourth-order valence-electron chi connectivity index (χ4n) is 5.12. The average Bonchev–Trinajstić information content (AvgIpc) is 3.43. The summed E-state index contributed by atoms with van der Waals surface area (Å²) in [5.41, 5.74) is 3.38. The number of methoxy groups -OCH3 is 2. The summed E-state index contributed by atoms with van der Waals surface area (Å²) in [6.45, 7) is 0. The van der Waals surface area contributed by atoms with Crippen molar-refractivity contribution in [1.29, 1.82) is 0 Å². The number of carboxylic acid groups (broad SMARTS) is 1. The molecule has 196 valence electrons. The Morgan fingerprint density at radius 3 is 2.33 bits per heavy atom. The van der Waals surface area contributed by atoms with Gasteiger partial charge in [-0.05, 0) is 48.0 Å². The second-order valence-corrected chi connectivity index (χ2v) is 10.3. The number of aromatic carboxylic acids is 1. The molecule has 0 fully saturated rings. The van der Waals surface area contributed by atoms with Gasteiger partial charge in [-0.1, -0.05) is 60.3 Å². The van der Waals surface area contributed by atoms with Crippen LogP contribution in [0.4, 0.5) is 0 Å². The highest BCUT2D eigenvalue weighted by molar-refractivity contribution is 7.99. The maximum atomic E-state index is 12.5. The van der Waals surface area contributed by atoms with Crippen molar-refractivity contribution in [3.05, 3.63) is 113 Å². The van der Waals surface area contributed by atoms with Gasteiger partial charge in [0.1, 0.15) is 11.3 Å². The van der Waals surface area contributed by atoms with E-state index in [2.05, 4.69) is 36.4 Å². The smallest absolute Gasteiger partial charge is 0.340 e. The highest BCUT2D eigenvalue weighted by Gasteiger charge is 2.43. The number of fused-ring (bicyclic) bond motifs is 3. The monoisotopic (exact) mass is 538 g/mol. The maximum Gasteiger partial charge on any atom is 0.340 e. The van der Waals surface area contributed by atoms with Crippen LogP contribution in [0.15, 0.2) is 106 Å². The van der Waals surface area contributed by atoms with Gasteiger partial charge in [-0.15, -0.1) is 0 Å². The zero-order valence-corrected chi connectivity index (χ0v) is 22.2. The summed E-state index contributed by atoms with van der Waals surface area (Å²) in [6.07, 6.45) is -0.0983. The number of benzene rings is 4. The molecule has 0 aliphatic carbocycles. The minimum atomic E-state index is -1.13. The number of rotatable bonds is 7. The SMILES string of the molecule is COc1ccc([C@@H]2Oc3ccccc3[C@H]3CC(c4ccc(Sc5ccccc5)cc4)=NN32)c(C(=O)O)c1OC. The molecule has 0 saturated carbocycles. The Bertz CT molecular complexity index is 1560. The molecule has 0 radical (unpaired) electrons. The topological polar surface area (TPSA) is 80.6 Å². The van der Waals surface area contributed by atoms with Gasteiger partial charge in [0.2, 0.25) is 6.23 Å². The molecule has 2 heterocycles. The molecule has 4 aromatic rings. The highest BCUT2D eigenvalue weighted by atomic mass is 32.2. The fourth-order valence-corrected chi connectivity index (χ4v) is 5.96. The van der Waals surface area contributed by atoms with E-state index in [9.17, 15) is 9.90 Å². The highest BCUT2D eigenvalue weighted by Crippen LogP contribution is 2.49. The Morgan fingerprint density at radius 2 is 1.62 bits per heavy atom. The quantitative estimate of drug-likeness (QED) is 0.277. The van der Waals surface area contributed by atoms with Crippen molar-refractivity contribution < 1.29 is 24.1 Å². The molecule has 6 rings (SSSR count). The van der Waals surface area contributed by atoms with Crippen LogP contribution in [0.1, 0.15) is 45.7 Å². The van der Waals surface area contributed by atoms with E-state index in [0.29, 0.717) is 23.5 Å². The lowest BCUT2D eigenvalue weighted by atomic mass is 9.95. The standard InChI is InChI=1S/C31H26N2O5S/c1-36-27-17-16-23(28(31(34)35)29(27)37-2)30-33-25(22-10-6-7-11-26(22)38-30)18-24(32-33)19-12-14-21(15-13-19)39-20-8-4-3-5-9-20/h3-17,25,30H,18H2,1-2H3,(H,34,35)/t25-,30+/m1/s1. The average molecular weight is 539 g/mol. The van der Waals surface area contributed by atoms with Gasteiger partial charge < -0.3 is 19.3 Å². The van der Waals surface area contributed by atoms with Crippen LogP contribution in [-0.2, 0) is 0 Å². The van der Waals surface area contributed by atoms with Crippen LogP contribution < -0.4 is 14.2 Å². The van der Waals surface area contributed by atoms with Gasteiger partial charge in [-0.25, -0.2) is 9.80 Å². The largest absolute Gasteiger partial charge is 0.493 e. The van der Waals surface area contributed by atoms with E-state index < -0.39 is 12.2 Å². The minimum absolute atomic E-state index is 0.00841. The van der Waals surface area contributed by atoms with E-state index in [0.717, 1.165) is 21.7 Å². The van der Waals surface area contributed by atoms with E-state index in [1.165, 1.54) is 19.1 Å². The normalized spacial score (nSPS) is 17.5. The van der Waals surface area contributed by atoms with Gasteiger partial charge >= 0.3 is 5.97 Å². The zero-order chi connectivity index (χ0) is 26.9. The molecular formula is C31H26N2O5S. The number of hydrazone groups is 1. The first-order chi connectivity index (χ1) is 19.1. The molecule has 7 nitrogen and oxygen atoms in total. The summed E-state index contributed by atoms with van der Waals surface area (Å²) in [6, 6.07) is 29.8. The van der Waals surface area contributed by atoms with E-state index in [4.69, 9.17) is 19.3 Å². The lowest BCUT2D eigenvalue weighted by molar-refractivity contribution is -0.0199. The molecule has 0 saturated heterocycles. The molecule has 8 heteroatoms. The van der Waals surface area contributed by atoms with Crippen LogP contribution in [0.3, 0.4) is 0 Å². The number of hydrogen-bond acceptors (Lipinski definition) is 7. The Morgan fingerprint density at radius 1 is 0.897 bits per heavy atom. The van der Waals surface area contributed by atoms with Crippen molar-refractivity contribution in [2.75, 3.05) is 14.2 Å². The lowest BCUT2D eigenvalue weighted by Crippen LogP contribution is -2.34. The molecule has 4 aromatic carbocycles. The van der Waals surface area contributed by atoms with E-state index in [-0.39, 0.29) is 17.4 Å². The molecule has 0 amide bonds. The molecule has 39 heavy (non-hydrogen) atoms. The molecular weight excluding hydrogens is 512 g/mol. The van der Waals surface area contributed by atoms with Crippen LogP contribution >= 0.6 is 11.8 Å². The summed E-state index contributed by atoms with van der Waals surface area (Å²) in [4.78, 5) is 14.8. The molecule has 2 aliphatic rings. The van der Waals surface area contributed by atoms with Crippen molar-refractivity contribution in [1.82, 2.24) is 5.01 Å². The van der Waals surface area contributed by atoms with E-state index in [1.807, 2.05) is 47.5 Å². The molecule has 1 N–H and O–H groups in total. The summed E-state index contributed by atoms with van der Waals surface area (Å²) in [7, 11) is 2.91. The van der Waals surface area contributed by atoms with Crippen molar-refractivity contribution in [3.8, 4) is 17.2 Å². The third-order valence-corrected chi connectivity index (χ3v) is 7.94. The van der Waals surface area contributed by atoms with Gasteiger partial charge in [-0.2, -0.15) is 5.10 Å². The van der Waals surface area contributed by atoms with Crippen molar-refractivity contribution in [2.45, 2.75) is 28.5 Å². The molecule has 0 spiro atoms. The molecule has 0 aromatic heterocycles. The molecule has 2 atom stereocenters. The molecule has 0 unspecified atom stereocenters. The van der Waals surface area contributed by atoms with Crippen LogP contribution in [-0.4, -0.2) is 36.0 Å². The van der Waals surface area contributed by atoms with Crippen molar-refractivity contribution >= 4 is 23.4 Å². The van der Waals surface area contributed by atoms with Crippen LogP contribution in [0, 0.1) is 0 Å². The van der Waals surface area contributed by atoms with Gasteiger partial charge in [0.25, 0.3) is 0 Å². The third kappa shape index (κ3) is 4.57. The first-order valence-electron chi connectivity index (χ1n) is 12.5. The number of ether oxygens (including phenoxy) is 3.